The van der Waals surface area contributed by atoms with Gasteiger partial charge in [0.1, 0.15) is 0 Å². The molecule has 6 nitrogen and oxygen atoms in total. The summed E-state index contributed by atoms with van der Waals surface area (Å²) in [4.78, 5) is 28.4. The number of halogens is 1. The molecule has 1 saturated heterocycles. The van der Waals surface area contributed by atoms with Gasteiger partial charge in [-0.1, -0.05) is 23.7 Å². The molecule has 0 aliphatic carbocycles. The second-order valence-electron chi connectivity index (χ2n) is 6.89. The molecule has 0 saturated carbocycles. The number of anilines is 1. The van der Waals surface area contributed by atoms with E-state index in [0.29, 0.717) is 17.8 Å². The molecule has 1 aliphatic heterocycles. The molecular weight excluding hydrogens is 376 g/mol. The normalized spacial score (nSPS) is 15.2. The van der Waals surface area contributed by atoms with E-state index in [1.807, 2.05) is 18.2 Å². The summed E-state index contributed by atoms with van der Waals surface area (Å²) in [5.41, 5.74) is 2.47. The lowest BCUT2D eigenvalue weighted by Gasteiger charge is -2.34. The molecule has 2 N–H and O–H groups in total. The monoisotopic (exact) mass is 400 g/mol. The third kappa shape index (κ3) is 5.79. The second-order valence-corrected chi connectivity index (χ2v) is 7.32. The molecule has 0 aromatic heterocycles. The number of hydrogen-bond acceptors (Lipinski definition) is 4. The van der Waals surface area contributed by atoms with Crippen LogP contribution in [-0.2, 0) is 11.3 Å². The van der Waals surface area contributed by atoms with Gasteiger partial charge in [0.25, 0.3) is 5.91 Å². The first kappa shape index (κ1) is 20.3. The van der Waals surface area contributed by atoms with E-state index in [4.69, 9.17) is 11.6 Å². The van der Waals surface area contributed by atoms with Gasteiger partial charge in [-0.2, -0.15) is 0 Å². The van der Waals surface area contributed by atoms with Crippen molar-refractivity contribution in [3.63, 3.8) is 0 Å². The Morgan fingerprint density at radius 1 is 1.00 bits per heavy atom. The standard InChI is InChI=1S/C21H25ClN4O2/c1-23-21(28)17-5-7-19(8-6-17)24-20(27)15-26-11-9-25(10-12-26)14-16-3-2-4-18(22)13-16/h2-8,13H,9-12,14-15H2,1H3,(H,23,28)(H,24,27). The van der Waals surface area contributed by atoms with E-state index >= 15 is 0 Å². The summed E-state index contributed by atoms with van der Waals surface area (Å²) >= 11 is 6.05. The lowest BCUT2D eigenvalue weighted by Crippen LogP contribution is -2.48. The van der Waals surface area contributed by atoms with Crippen LogP contribution in [0.5, 0.6) is 0 Å². The number of benzene rings is 2. The molecule has 1 aliphatic rings. The SMILES string of the molecule is CNC(=O)c1ccc(NC(=O)CN2CCN(Cc3cccc(Cl)c3)CC2)cc1. The van der Waals surface area contributed by atoms with Crippen molar-refractivity contribution < 1.29 is 9.59 Å². The van der Waals surface area contributed by atoms with Gasteiger partial charge in [0, 0.05) is 56.0 Å². The third-order valence-corrected chi connectivity index (χ3v) is 5.02. The summed E-state index contributed by atoms with van der Waals surface area (Å²) in [5.74, 6) is -0.190. The van der Waals surface area contributed by atoms with Crippen LogP contribution in [0.25, 0.3) is 0 Å². The third-order valence-electron chi connectivity index (χ3n) is 4.79. The summed E-state index contributed by atoms with van der Waals surface area (Å²) in [6.45, 7) is 4.77. The number of carbonyl (C=O) groups excluding carboxylic acids is 2. The zero-order valence-electron chi connectivity index (χ0n) is 16.0. The van der Waals surface area contributed by atoms with Gasteiger partial charge >= 0.3 is 0 Å². The van der Waals surface area contributed by atoms with Gasteiger partial charge in [-0.05, 0) is 42.0 Å². The quantitative estimate of drug-likeness (QED) is 0.781. The van der Waals surface area contributed by atoms with Crippen molar-refractivity contribution in [1.29, 1.82) is 0 Å². The lowest BCUT2D eigenvalue weighted by molar-refractivity contribution is -0.117. The van der Waals surface area contributed by atoms with Crippen molar-refractivity contribution in [2.75, 3.05) is 45.1 Å². The van der Waals surface area contributed by atoms with Crippen molar-refractivity contribution in [3.8, 4) is 0 Å². The number of nitrogens with zero attached hydrogens (tertiary/aromatic N) is 2. The number of piperazine rings is 1. The molecule has 0 spiro atoms. The number of carbonyl (C=O) groups is 2. The minimum atomic E-state index is -0.145. The minimum Gasteiger partial charge on any atom is -0.355 e. The first-order chi connectivity index (χ1) is 13.5. The first-order valence-corrected chi connectivity index (χ1v) is 9.72. The molecule has 0 bridgehead atoms. The van der Waals surface area contributed by atoms with Crippen LogP contribution in [-0.4, -0.2) is 61.4 Å². The average molecular weight is 401 g/mol. The molecule has 2 aromatic rings. The minimum absolute atomic E-state index is 0.0454. The topological polar surface area (TPSA) is 64.7 Å². The van der Waals surface area contributed by atoms with Crippen LogP contribution < -0.4 is 10.6 Å². The van der Waals surface area contributed by atoms with Crippen molar-refractivity contribution in [1.82, 2.24) is 15.1 Å². The number of hydrogen-bond donors (Lipinski definition) is 2. The lowest BCUT2D eigenvalue weighted by atomic mass is 10.2. The van der Waals surface area contributed by atoms with Crippen molar-refractivity contribution in [2.45, 2.75) is 6.54 Å². The van der Waals surface area contributed by atoms with Crippen LogP contribution in [0, 0.1) is 0 Å². The molecule has 0 unspecified atom stereocenters. The molecule has 2 aromatic carbocycles. The Morgan fingerprint density at radius 2 is 1.68 bits per heavy atom. The molecule has 0 atom stereocenters. The second kappa shape index (κ2) is 9.68. The Balaban J connectivity index is 1.43. The van der Waals surface area contributed by atoms with Crippen molar-refractivity contribution in [2.24, 2.45) is 0 Å². The predicted octanol–water partition coefficient (Wildman–Crippen LogP) is 2.46. The molecule has 148 valence electrons. The fourth-order valence-corrected chi connectivity index (χ4v) is 3.46. The highest BCUT2D eigenvalue weighted by molar-refractivity contribution is 6.30. The van der Waals surface area contributed by atoms with E-state index in [1.165, 1.54) is 5.56 Å². The smallest absolute Gasteiger partial charge is 0.251 e. The Labute approximate surface area is 170 Å². The van der Waals surface area contributed by atoms with E-state index < -0.39 is 0 Å². The highest BCUT2D eigenvalue weighted by atomic mass is 35.5. The van der Waals surface area contributed by atoms with E-state index in [0.717, 1.165) is 37.7 Å². The van der Waals surface area contributed by atoms with Gasteiger partial charge in [0.15, 0.2) is 0 Å². The average Bonchev–Trinajstić information content (AvgIpc) is 2.69. The molecule has 1 fully saturated rings. The Hall–Kier alpha value is -2.41. The number of rotatable bonds is 6. The summed E-state index contributed by atoms with van der Waals surface area (Å²) < 4.78 is 0. The number of nitrogens with one attached hydrogen (secondary N) is 2. The van der Waals surface area contributed by atoms with Crippen LogP contribution in [0.2, 0.25) is 5.02 Å². The van der Waals surface area contributed by atoms with E-state index in [-0.39, 0.29) is 11.8 Å². The van der Waals surface area contributed by atoms with E-state index in [2.05, 4.69) is 26.5 Å². The Morgan fingerprint density at radius 3 is 2.32 bits per heavy atom. The summed E-state index contributed by atoms with van der Waals surface area (Å²) in [6.07, 6.45) is 0. The maximum atomic E-state index is 12.3. The van der Waals surface area contributed by atoms with Gasteiger partial charge in [-0.25, -0.2) is 0 Å². The Bertz CT molecular complexity index is 817. The predicted molar refractivity (Wildman–Crippen MR) is 112 cm³/mol. The molecule has 7 heteroatoms. The first-order valence-electron chi connectivity index (χ1n) is 9.34. The summed E-state index contributed by atoms with van der Waals surface area (Å²) in [5, 5.41) is 6.22. The van der Waals surface area contributed by atoms with Crippen LogP contribution in [0.1, 0.15) is 15.9 Å². The molecule has 1 heterocycles. The molecule has 3 rings (SSSR count). The highest BCUT2D eigenvalue weighted by Gasteiger charge is 2.19. The maximum absolute atomic E-state index is 12.3. The Kier molecular flexibility index (Phi) is 7.03. The van der Waals surface area contributed by atoms with Gasteiger partial charge in [0.2, 0.25) is 5.91 Å². The van der Waals surface area contributed by atoms with Crippen LogP contribution in [0.4, 0.5) is 5.69 Å². The van der Waals surface area contributed by atoms with E-state index in [1.54, 1.807) is 31.3 Å². The largest absolute Gasteiger partial charge is 0.355 e. The maximum Gasteiger partial charge on any atom is 0.251 e. The van der Waals surface area contributed by atoms with Crippen LogP contribution >= 0.6 is 11.6 Å². The van der Waals surface area contributed by atoms with Crippen molar-refractivity contribution in [3.05, 3.63) is 64.7 Å². The molecule has 28 heavy (non-hydrogen) atoms. The van der Waals surface area contributed by atoms with Gasteiger partial charge in [-0.3, -0.25) is 19.4 Å². The molecule has 0 radical (unpaired) electrons. The highest BCUT2D eigenvalue weighted by Crippen LogP contribution is 2.14. The zero-order chi connectivity index (χ0) is 19.9. The van der Waals surface area contributed by atoms with Crippen LogP contribution in [0.3, 0.4) is 0 Å². The molecule has 2 amide bonds. The molecular formula is C21H25ClN4O2. The fourth-order valence-electron chi connectivity index (χ4n) is 3.25. The van der Waals surface area contributed by atoms with E-state index in [9.17, 15) is 9.59 Å². The zero-order valence-corrected chi connectivity index (χ0v) is 16.7. The van der Waals surface area contributed by atoms with Gasteiger partial charge < -0.3 is 10.6 Å². The van der Waals surface area contributed by atoms with Crippen molar-refractivity contribution >= 4 is 29.1 Å². The summed E-state index contributed by atoms with van der Waals surface area (Å²) in [6, 6.07) is 14.8. The summed E-state index contributed by atoms with van der Waals surface area (Å²) in [7, 11) is 1.59. The van der Waals surface area contributed by atoms with Crippen LogP contribution in [0.15, 0.2) is 48.5 Å². The fraction of sp³-hybridized carbons (Fsp3) is 0.333. The van der Waals surface area contributed by atoms with Gasteiger partial charge in [-0.15, -0.1) is 0 Å². The number of amides is 2. The van der Waals surface area contributed by atoms with Gasteiger partial charge in [0.05, 0.1) is 6.54 Å².